The van der Waals surface area contributed by atoms with E-state index in [4.69, 9.17) is 11.6 Å². The number of aromatic nitrogens is 1. The fourth-order valence-corrected chi connectivity index (χ4v) is 1.88. The molecule has 0 aliphatic carbocycles. The summed E-state index contributed by atoms with van der Waals surface area (Å²) in [7, 11) is 0. The van der Waals surface area contributed by atoms with Crippen molar-refractivity contribution in [1.29, 1.82) is 0 Å². The predicted octanol–water partition coefficient (Wildman–Crippen LogP) is 4.94. The Kier molecular flexibility index (Phi) is 3.96. The molecule has 2 rings (SSSR count). The van der Waals surface area contributed by atoms with Crippen molar-refractivity contribution in [3.8, 4) is 0 Å². The van der Waals surface area contributed by atoms with E-state index < -0.39 is 0 Å². The second kappa shape index (κ2) is 5.65. The van der Waals surface area contributed by atoms with Crippen molar-refractivity contribution in [2.75, 3.05) is 0 Å². The molecule has 0 saturated carbocycles. The van der Waals surface area contributed by atoms with Crippen LogP contribution in [-0.2, 0) is 0 Å². The first-order chi connectivity index (χ1) is 8.66. The minimum Gasteiger partial charge on any atom is -0.255 e. The minimum absolute atomic E-state index is 0.638. The lowest BCUT2D eigenvalue weighted by molar-refractivity contribution is 1.28. The molecule has 0 aliphatic heterocycles. The van der Waals surface area contributed by atoms with E-state index in [0.29, 0.717) is 5.02 Å². The molecule has 0 spiro atoms. The Bertz CT molecular complexity index is 585. The molecular weight excluding hydrogens is 242 g/mol. The maximum atomic E-state index is 6.06. The molecular formula is C16H14ClN. The Balaban J connectivity index is 2.28. The van der Waals surface area contributed by atoms with Crippen LogP contribution in [-0.4, -0.2) is 4.98 Å². The summed E-state index contributed by atoms with van der Waals surface area (Å²) in [5, 5.41) is 0.638. The molecule has 1 nitrogen and oxygen atoms in total. The van der Waals surface area contributed by atoms with Crippen LogP contribution in [0.5, 0.6) is 0 Å². The summed E-state index contributed by atoms with van der Waals surface area (Å²) in [6.07, 6.45) is 5.66. The largest absolute Gasteiger partial charge is 0.255 e. The Morgan fingerprint density at radius 3 is 2.61 bits per heavy atom. The van der Waals surface area contributed by atoms with Gasteiger partial charge in [0.2, 0.25) is 0 Å². The highest BCUT2D eigenvalue weighted by Crippen LogP contribution is 2.22. The molecule has 0 amide bonds. The zero-order valence-corrected chi connectivity index (χ0v) is 11.0. The van der Waals surface area contributed by atoms with Crippen molar-refractivity contribution < 1.29 is 0 Å². The summed E-state index contributed by atoms with van der Waals surface area (Å²) in [5.74, 6) is 0. The molecule has 0 bridgehead atoms. The van der Waals surface area contributed by atoms with Crippen molar-refractivity contribution in [3.05, 3.63) is 71.0 Å². The molecule has 0 radical (unpaired) electrons. The third-order valence-electron chi connectivity index (χ3n) is 2.58. The highest BCUT2D eigenvalue weighted by atomic mass is 35.5. The van der Waals surface area contributed by atoms with Crippen molar-refractivity contribution in [2.45, 2.75) is 6.92 Å². The van der Waals surface area contributed by atoms with Crippen molar-refractivity contribution in [1.82, 2.24) is 4.98 Å². The molecule has 1 aromatic carbocycles. The molecule has 18 heavy (non-hydrogen) atoms. The van der Waals surface area contributed by atoms with E-state index in [1.165, 1.54) is 0 Å². The number of halogens is 1. The molecule has 0 saturated heterocycles. The maximum Gasteiger partial charge on any atom is 0.0664 e. The minimum atomic E-state index is 0.638. The van der Waals surface area contributed by atoms with E-state index in [-0.39, 0.29) is 0 Å². The summed E-state index contributed by atoms with van der Waals surface area (Å²) in [4.78, 5) is 4.28. The highest BCUT2D eigenvalue weighted by Gasteiger charge is 2.02. The first kappa shape index (κ1) is 12.6. The van der Waals surface area contributed by atoms with Gasteiger partial charge in [0.25, 0.3) is 0 Å². The maximum absolute atomic E-state index is 6.06. The monoisotopic (exact) mass is 255 g/mol. The van der Waals surface area contributed by atoms with Gasteiger partial charge in [0, 0.05) is 6.20 Å². The molecule has 0 atom stereocenters. The lowest BCUT2D eigenvalue weighted by atomic mass is 10.1. The Morgan fingerprint density at radius 2 is 1.94 bits per heavy atom. The number of allylic oxidation sites excluding steroid dienone is 1. The standard InChI is InChI=1S/C16H14ClN/c1-12(2)15-10-14(18-11-16(15)17)9-8-13-6-4-3-5-7-13/h3-11H,1H2,2H3/b9-8+. The Labute approximate surface area is 112 Å². The number of hydrogen-bond acceptors (Lipinski definition) is 1. The third kappa shape index (κ3) is 3.08. The molecule has 0 N–H and O–H groups in total. The summed E-state index contributed by atoms with van der Waals surface area (Å²) in [6, 6.07) is 12.1. The van der Waals surface area contributed by atoms with Crippen LogP contribution in [0.3, 0.4) is 0 Å². The smallest absolute Gasteiger partial charge is 0.0664 e. The van der Waals surface area contributed by atoms with E-state index in [1.54, 1.807) is 6.20 Å². The van der Waals surface area contributed by atoms with Crippen LogP contribution >= 0.6 is 11.6 Å². The number of nitrogens with zero attached hydrogens (tertiary/aromatic N) is 1. The van der Waals surface area contributed by atoms with Gasteiger partial charge in [-0.3, -0.25) is 4.98 Å². The van der Waals surface area contributed by atoms with Crippen LogP contribution in [0, 0.1) is 0 Å². The fourth-order valence-electron chi connectivity index (χ4n) is 1.62. The average Bonchev–Trinajstić information content (AvgIpc) is 2.38. The zero-order valence-electron chi connectivity index (χ0n) is 10.2. The zero-order chi connectivity index (χ0) is 13.0. The summed E-state index contributed by atoms with van der Waals surface area (Å²) in [5.41, 5.74) is 3.91. The first-order valence-electron chi connectivity index (χ1n) is 5.71. The van der Waals surface area contributed by atoms with Crippen molar-refractivity contribution in [2.24, 2.45) is 0 Å². The Morgan fingerprint density at radius 1 is 1.22 bits per heavy atom. The van der Waals surface area contributed by atoms with Gasteiger partial charge in [-0.25, -0.2) is 0 Å². The van der Waals surface area contributed by atoms with Crippen LogP contribution in [0.15, 0.2) is 49.2 Å². The van der Waals surface area contributed by atoms with E-state index in [2.05, 4.69) is 11.6 Å². The molecule has 0 fully saturated rings. The lowest BCUT2D eigenvalue weighted by Crippen LogP contribution is -1.86. The van der Waals surface area contributed by atoms with Gasteiger partial charge in [-0.1, -0.05) is 54.6 Å². The molecule has 90 valence electrons. The number of hydrogen-bond donors (Lipinski definition) is 0. The normalized spacial score (nSPS) is 10.8. The van der Waals surface area contributed by atoms with Crippen molar-refractivity contribution >= 4 is 29.3 Å². The Hall–Kier alpha value is -1.86. The van der Waals surface area contributed by atoms with Crippen LogP contribution < -0.4 is 0 Å². The van der Waals surface area contributed by atoms with Gasteiger partial charge in [0.05, 0.1) is 10.7 Å². The fraction of sp³-hybridized carbons (Fsp3) is 0.0625. The van der Waals surface area contributed by atoms with E-state index >= 15 is 0 Å². The number of rotatable bonds is 3. The topological polar surface area (TPSA) is 12.9 Å². The first-order valence-corrected chi connectivity index (χ1v) is 6.09. The van der Waals surface area contributed by atoms with Gasteiger partial charge in [-0.2, -0.15) is 0 Å². The van der Waals surface area contributed by atoms with Crippen LogP contribution in [0.4, 0.5) is 0 Å². The molecule has 0 aliphatic rings. The van der Waals surface area contributed by atoms with Crippen LogP contribution in [0.2, 0.25) is 5.02 Å². The second-order valence-electron chi connectivity index (χ2n) is 4.11. The van der Waals surface area contributed by atoms with Gasteiger partial charge in [-0.15, -0.1) is 0 Å². The van der Waals surface area contributed by atoms with E-state index in [9.17, 15) is 0 Å². The van der Waals surface area contributed by atoms with Gasteiger partial charge < -0.3 is 0 Å². The van der Waals surface area contributed by atoms with Crippen LogP contribution in [0.1, 0.15) is 23.7 Å². The van der Waals surface area contributed by atoms with Gasteiger partial charge in [0.1, 0.15) is 0 Å². The van der Waals surface area contributed by atoms with Crippen molar-refractivity contribution in [3.63, 3.8) is 0 Å². The molecule has 1 heterocycles. The van der Waals surface area contributed by atoms with Crippen LogP contribution in [0.25, 0.3) is 17.7 Å². The molecule has 2 aromatic rings. The molecule has 0 unspecified atom stereocenters. The summed E-state index contributed by atoms with van der Waals surface area (Å²) >= 11 is 6.06. The average molecular weight is 256 g/mol. The highest BCUT2D eigenvalue weighted by molar-refractivity contribution is 6.32. The van der Waals surface area contributed by atoms with E-state index in [0.717, 1.165) is 22.4 Å². The third-order valence-corrected chi connectivity index (χ3v) is 2.88. The molecule has 2 heteroatoms. The van der Waals surface area contributed by atoms with Gasteiger partial charge in [-0.05, 0) is 35.8 Å². The summed E-state index contributed by atoms with van der Waals surface area (Å²) in [6.45, 7) is 5.85. The summed E-state index contributed by atoms with van der Waals surface area (Å²) < 4.78 is 0. The lowest BCUT2D eigenvalue weighted by Gasteiger charge is -2.03. The molecule has 1 aromatic heterocycles. The SMILES string of the molecule is C=C(C)c1cc(/C=C/c2ccccc2)ncc1Cl. The second-order valence-corrected chi connectivity index (χ2v) is 4.52. The quantitative estimate of drug-likeness (QED) is 0.757. The van der Waals surface area contributed by atoms with E-state index in [1.807, 2.05) is 55.5 Å². The van der Waals surface area contributed by atoms with Gasteiger partial charge in [0.15, 0.2) is 0 Å². The number of pyridine rings is 1. The van der Waals surface area contributed by atoms with Gasteiger partial charge >= 0.3 is 0 Å². The predicted molar refractivity (Wildman–Crippen MR) is 79.3 cm³/mol. The number of benzene rings is 1.